The maximum atomic E-state index is 2.56. The van der Waals surface area contributed by atoms with Crippen LogP contribution in [0.25, 0.3) is 0 Å². The molecule has 1 saturated heterocycles. The van der Waals surface area contributed by atoms with E-state index in [9.17, 15) is 0 Å². The summed E-state index contributed by atoms with van der Waals surface area (Å²) in [6, 6.07) is 0. The molecule has 0 aromatic rings. The lowest BCUT2D eigenvalue weighted by Gasteiger charge is -2.56. The fourth-order valence-corrected chi connectivity index (χ4v) is 3.69. The lowest BCUT2D eigenvalue weighted by molar-refractivity contribution is 0.327. The zero-order valence-electron chi connectivity index (χ0n) is 15.5. The second kappa shape index (κ2) is 7.99. The highest BCUT2D eigenvalue weighted by molar-refractivity contribution is 6.83. The summed E-state index contributed by atoms with van der Waals surface area (Å²) in [6.07, 6.45) is 0. The summed E-state index contributed by atoms with van der Waals surface area (Å²) in [5, 5.41) is 0. The number of hydrogen-bond donors (Lipinski definition) is 0. The van der Waals surface area contributed by atoms with Crippen LogP contribution in [0.4, 0.5) is 0 Å². The summed E-state index contributed by atoms with van der Waals surface area (Å²) in [4.78, 5) is 6.98. The van der Waals surface area contributed by atoms with Gasteiger partial charge in [-0.15, -0.1) is 0 Å². The zero-order valence-corrected chi connectivity index (χ0v) is 15.5. The first-order valence-corrected chi connectivity index (χ1v) is 8.08. The van der Waals surface area contributed by atoms with E-state index < -0.39 is 0 Å². The summed E-state index contributed by atoms with van der Waals surface area (Å²) in [5.41, 5.74) is 0. The SMILES string of the molecule is CCN1B(N(C)C)N(CC)B(N(C)C)N(CC)B1N(C)C. The molecule has 0 N–H and O–H groups in total. The van der Waals surface area contributed by atoms with Gasteiger partial charge in [0.2, 0.25) is 0 Å². The molecule has 0 radical (unpaired) electrons. The van der Waals surface area contributed by atoms with Gasteiger partial charge in [0.15, 0.2) is 0 Å². The van der Waals surface area contributed by atoms with Crippen LogP contribution in [0.15, 0.2) is 0 Å². The molecule has 120 valence electrons. The summed E-state index contributed by atoms with van der Waals surface area (Å²) in [7, 11) is 14.0. The largest absolute Gasteiger partial charge is 0.384 e. The van der Waals surface area contributed by atoms with Gasteiger partial charge in [0.1, 0.15) is 0 Å². The van der Waals surface area contributed by atoms with E-state index in [-0.39, 0.29) is 0 Å². The molecule has 0 aromatic carbocycles. The van der Waals surface area contributed by atoms with Crippen LogP contribution in [-0.2, 0) is 0 Å². The summed E-state index contributed by atoms with van der Waals surface area (Å²) >= 11 is 0. The van der Waals surface area contributed by atoms with Gasteiger partial charge in [0.25, 0.3) is 0 Å². The van der Waals surface area contributed by atoms with Crippen LogP contribution < -0.4 is 0 Å². The van der Waals surface area contributed by atoms with Crippen molar-refractivity contribution in [1.29, 1.82) is 0 Å². The van der Waals surface area contributed by atoms with Gasteiger partial charge in [-0.1, -0.05) is 20.8 Å². The van der Waals surface area contributed by atoms with Gasteiger partial charge in [-0.3, -0.25) is 0 Å². The molecule has 1 heterocycles. The molecule has 0 aromatic heterocycles. The minimum atomic E-state index is 0.308. The van der Waals surface area contributed by atoms with Gasteiger partial charge in [0, 0.05) is 0 Å². The second-order valence-corrected chi connectivity index (χ2v) is 6.42. The Bertz CT molecular complexity index is 258. The van der Waals surface area contributed by atoms with E-state index in [4.69, 9.17) is 0 Å². The third kappa shape index (κ3) is 3.65. The first kappa shape index (κ1) is 19.0. The van der Waals surface area contributed by atoms with Crippen LogP contribution in [0, 0.1) is 0 Å². The summed E-state index contributed by atoms with van der Waals surface area (Å²) < 4.78 is 7.69. The number of nitrogens with zero attached hydrogens (tertiary/aromatic N) is 6. The zero-order chi connectivity index (χ0) is 16.3. The summed E-state index contributed by atoms with van der Waals surface area (Å²) in [5.74, 6) is 0. The molecule has 1 fully saturated rings. The second-order valence-electron chi connectivity index (χ2n) is 6.42. The number of hydrogen-bond acceptors (Lipinski definition) is 6. The Hall–Kier alpha value is -0.0452. The molecule has 0 bridgehead atoms. The van der Waals surface area contributed by atoms with Gasteiger partial charge in [-0.05, 0) is 61.9 Å². The average molecular weight is 294 g/mol. The number of rotatable bonds is 6. The van der Waals surface area contributed by atoms with Crippen molar-refractivity contribution in [1.82, 2.24) is 28.6 Å². The van der Waals surface area contributed by atoms with E-state index in [2.05, 4.69) is 91.7 Å². The molecule has 1 aliphatic rings. The fraction of sp³-hybridized carbons (Fsp3) is 1.00. The molecular weight excluding hydrogens is 261 g/mol. The maximum Gasteiger partial charge on any atom is 0.384 e. The molecule has 9 heteroatoms. The van der Waals surface area contributed by atoms with E-state index in [1.54, 1.807) is 0 Å². The highest BCUT2D eigenvalue weighted by Crippen LogP contribution is 2.22. The van der Waals surface area contributed by atoms with Gasteiger partial charge < -0.3 is 28.6 Å². The first-order chi connectivity index (χ1) is 9.81. The predicted octanol–water partition coefficient (Wildman–Crippen LogP) is -0.395. The Morgan fingerprint density at radius 2 is 0.714 bits per heavy atom. The first-order valence-electron chi connectivity index (χ1n) is 8.08. The van der Waals surface area contributed by atoms with E-state index >= 15 is 0 Å². The molecule has 0 spiro atoms. The smallest absolute Gasteiger partial charge is 0.328 e. The molecule has 6 nitrogen and oxygen atoms in total. The van der Waals surface area contributed by atoms with Crippen LogP contribution in [0.5, 0.6) is 0 Å². The van der Waals surface area contributed by atoms with Crippen molar-refractivity contribution in [3.63, 3.8) is 0 Å². The minimum Gasteiger partial charge on any atom is -0.328 e. The van der Waals surface area contributed by atoms with Crippen molar-refractivity contribution in [2.75, 3.05) is 61.9 Å². The van der Waals surface area contributed by atoms with Crippen LogP contribution in [0.3, 0.4) is 0 Å². The van der Waals surface area contributed by atoms with Crippen molar-refractivity contribution in [2.45, 2.75) is 20.8 Å². The van der Waals surface area contributed by atoms with Crippen molar-refractivity contribution in [3.05, 3.63) is 0 Å². The summed E-state index contributed by atoms with van der Waals surface area (Å²) in [6.45, 7) is 9.84. The predicted molar refractivity (Wildman–Crippen MR) is 95.5 cm³/mol. The van der Waals surface area contributed by atoms with E-state index in [0.29, 0.717) is 21.4 Å². The highest BCUT2D eigenvalue weighted by atomic mass is 15.5. The molecule has 0 unspecified atom stereocenters. The average Bonchev–Trinajstić information content (AvgIpc) is 2.42. The van der Waals surface area contributed by atoms with Crippen molar-refractivity contribution in [3.8, 4) is 0 Å². The lowest BCUT2D eigenvalue weighted by Crippen LogP contribution is -2.85. The minimum absolute atomic E-state index is 0.308. The standard InChI is InChI=1S/C12H33B3N6/c1-10-19-13(16(4)5)20(11-2)15(18(8)9)21(12-3)14(19)17(6)7/h10-12H2,1-9H3. The van der Waals surface area contributed by atoms with Gasteiger partial charge >= 0.3 is 21.4 Å². The lowest BCUT2D eigenvalue weighted by atomic mass is 9.54. The molecular formula is C12H33B3N6. The third-order valence-electron chi connectivity index (χ3n) is 4.26. The van der Waals surface area contributed by atoms with Crippen molar-refractivity contribution < 1.29 is 0 Å². The van der Waals surface area contributed by atoms with E-state index in [1.165, 1.54) is 0 Å². The fourth-order valence-electron chi connectivity index (χ4n) is 3.69. The Kier molecular flexibility index (Phi) is 7.23. The van der Waals surface area contributed by atoms with Crippen LogP contribution in [0.2, 0.25) is 0 Å². The van der Waals surface area contributed by atoms with Gasteiger partial charge in [-0.25, -0.2) is 0 Å². The van der Waals surface area contributed by atoms with Crippen LogP contribution >= 0.6 is 0 Å². The third-order valence-corrected chi connectivity index (χ3v) is 4.26. The molecule has 0 aliphatic carbocycles. The normalized spacial score (nSPS) is 19.7. The van der Waals surface area contributed by atoms with Crippen molar-refractivity contribution in [2.24, 2.45) is 0 Å². The van der Waals surface area contributed by atoms with E-state index in [0.717, 1.165) is 19.6 Å². The molecule has 0 amide bonds. The van der Waals surface area contributed by atoms with Crippen molar-refractivity contribution >= 4 is 21.4 Å². The Morgan fingerprint density at radius 3 is 0.810 bits per heavy atom. The maximum absolute atomic E-state index is 2.56. The van der Waals surface area contributed by atoms with Gasteiger partial charge in [-0.2, -0.15) is 0 Å². The Labute approximate surface area is 133 Å². The highest BCUT2D eigenvalue weighted by Gasteiger charge is 2.54. The quantitative estimate of drug-likeness (QED) is 0.617. The molecule has 0 saturated carbocycles. The molecule has 1 aliphatic heterocycles. The van der Waals surface area contributed by atoms with Crippen LogP contribution in [0.1, 0.15) is 20.8 Å². The molecule has 0 atom stereocenters. The topological polar surface area (TPSA) is 19.4 Å². The Morgan fingerprint density at radius 1 is 0.524 bits per heavy atom. The molecule has 21 heavy (non-hydrogen) atoms. The van der Waals surface area contributed by atoms with Gasteiger partial charge in [0.05, 0.1) is 0 Å². The molecule has 1 rings (SSSR count). The van der Waals surface area contributed by atoms with Crippen LogP contribution in [-0.4, -0.2) is 112 Å². The van der Waals surface area contributed by atoms with E-state index in [1.807, 2.05) is 0 Å². The Balaban J connectivity index is 3.32. The monoisotopic (exact) mass is 294 g/mol.